The van der Waals surface area contributed by atoms with E-state index in [4.69, 9.17) is 4.42 Å². The van der Waals surface area contributed by atoms with Crippen LogP contribution in [0.15, 0.2) is 39.7 Å². The molecule has 1 aliphatic heterocycles. The Morgan fingerprint density at radius 2 is 2.17 bits per heavy atom. The Bertz CT molecular complexity index is 1040. The van der Waals surface area contributed by atoms with E-state index in [0.717, 1.165) is 25.9 Å². The molecule has 3 aromatic rings. The van der Waals surface area contributed by atoms with Gasteiger partial charge in [0.1, 0.15) is 11.3 Å². The first-order valence-electron chi connectivity index (χ1n) is 9.05. The van der Waals surface area contributed by atoms with Crippen LogP contribution in [0.25, 0.3) is 5.65 Å². The number of nitrogens with zero attached hydrogens (tertiary/aromatic N) is 3. The maximum atomic E-state index is 12.6. The number of carbonyl (C=O) groups excluding carboxylic acids is 1. The highest BCUT2D eigenvalue weighted by molar-refractivity contribution is 5.95. The maximum Gasteiger partial charge on any atom is 0.349 e. The first-order valence-corrected chi connectivity index (χ1v) is 9.05. The van der Waals surface area contributed by atoms with E-state index < -0.39 is 11.5 Å². The van der Waals surface area contributed by atoms with Crippen LogP contribution in [0, 0.1) is 6.92 Å². The maximum absolute atomic E-state index is 12.6. The quantitative estimate of drug-likeness (QED) is 0.645. The zero-order chi connectivity index (χ0) is 18.8. The number of fused-ring (bicyclic) bond motifs is 1. The molecule has 1 atom stereocenters. The molecule has 2 N–H and O–H groups in total. The van der Waals surface area contributed by atoms with E-state index in [1.165, 1.54) is 0 Å². The van der Waals surface area contributed by atoms with Crippen LogP contribution < -0.4 is 16.3 Å². The molecule has 1 fully saturated rings. The van der Waals surface area contributed by atoms with Gasteiger partial charge in [-0.1, -0.05) is 6.07 Å². The SMILES string of the molecule is Cc1cc(C2CCCNC2)oc(=O)c1C(=O)NCc1nnc2ccccn12.Cl.Cl. The number of nitrogens with one attached hydrogen (secondary N) is 2. The monoisotopic (exact) mass is 439 g/mol. The third-order valence-electron chi connectivity index (χ3n) is 4.89. The number of amides is 1. The Labute approximate surface area is 179 Å². The Morgan fingerprint density at radius 3 is 2.90 bits per heavy atom. The molecule has 0 spiro atoms. The molecule has 8 nitrogen and oxygen atoms in total. The summed E-state index contributed by atoms with van der Waals surface area (Å²) < 4.78 is 7.25. The van der Waals surface area contributed by atoms with Gasteiger partial charge in [-0.05, 0) is 50.1 Å². The van der Waals surface area contributed by atoms with Gasteiger partial charge in [0.25, 0.3) is 5.91 Å². The largest absolute Gasteiger partial charge is 0.427 e. The number of pyridine rings is 1. The van der Waals surface area contributed by atoms with Gasteiger partial charge in [-0.25, -0.2) is 4.79 Å². The van der Waals surface area contributed by atoms with Crippen molar-refractivity contribution < 1.29 is 9.21 Å². The normalized spacial score (nSPS) is 16.0. The summed E-state index contributed by atoms with van der Waals surface area (Å²) in [5.41, 5.74) is 0.758. The summed E-state index contributed by atoms with van der Waals surface area (Å²) in [5, 5.41) is 14.2. The minimum Gasteiger partial charge on any atom is -0.427 e. The summed E-state index contributed by atoms with van der Waals surface area (Å²) >= 11 is 0. The van der Waals surface area contributed by atoms with E-state index in [1.54, 1.807) is 17.4 Å². The minimum atomic E-state index is -0.598. The van der Waals surface area contributed by atoms with Gasteiger partial charge in [0.15, 0.2) is 11.5 Å². The molecule has 4 heterocycles. The molecule has 0 aromatic carbocycles. The standard InChI is InChI=1S/C19H21N5O3.2ClH/c1-12-9-14(13-5-4-7-20-10-13)27-19(26)17(12)18(25)21-11-16-23-22-15-6-2-3-8-24(15)16;;/h2-3,6,8-9,13,20H,4-5,7,10-11H2,1H3,(H,21,25);2*1H. The number of piperidine rings is 1. The second-order valence-electron chi connectivity index (χ2n) is 6.77. The molecular formula is C19H23Cl2N5O3. The first kappa shape index (κ1) is 22.9. The van der Waals surface area contributed by atoms with E-state index >= 15 is 0 Å². The van der Waals surface area contributed by atoms with Crippen LogP contribution in [-0.2, 0) is 6.54 Å². The summed E-state index contributed by atoms with van der Waals surface area (Å²) in [4.78, 5) is 25.0. The van der Waals surface area contributed by atoms with E-state index in [9.17, 15) is 9.59 Å². The fourth-order valence-corrected chi connectivity index (χ4v) is 3.46. The molecule has 29 heavy (non-hydrogen) atoms. The molecule has 1 unspecified atom stereocenters. The second-order valence-corrected chi connectivity index (χ2v) is 6.77. The zero-order valence-electron chi connectivity index (χ0n) is 15.9. The molecule has 4 rings (SSSR count). The smallest absolute Gasteiger partial charge is 0.349 e. The highest BCUT2D eigenvalue weighted by Gasteiger charge is 2.22. The Kier molecular flexibility index (Phi) is 7.78. The van der Waals surface area contributed by atoms with Crippen molar-refractivity contribution in [2.24, 2.45) is 0 Å². The average Bonchev–Trinajstić information content (AvgIpc) is 3.09. The number of hydrogen-bond donors (Lipinski definition) is 2. The van der Waals surface area contributed by atoms with E-state index in [-0.39, 0.29) is 42.8 Å². The van der Waals surface area contributed by atoms with Crippen LogP contribution >= 0.6 is 24.8 Å². The van der Waals surface area contributed by atoms with Gasteiger partial charge in [0, 0.05) is 18.7 Å². The van der Waals surface area contributed by atoms with Crippen molar-refractivity contribution in [1.29, 1.82) is 0 Å². The van der Waals surface area contributed by atoms with Gasteiger partial charge in [-0.15, -0.1) is 35.0 Å². The molecule has 0 bridgehead atoms. The molecule has 156 valence electrons. The summed E-state index contributed by atoms with van der Waals surface area (Å²) in [5.74, 6) is 0.933. The van der Waals surface area contributed by atoms with Crippen molar-refractivity contribution in [2.75, 3.05) is 13.1 Å². The Morgan fingerprint density at radius 1 is 1.34 bits per heavy atom. The minimum absolute atomic E-state index is 0. The van der Waals surface area contributed by atoms with Crippen LogP contribution in [0.1, 0.15) is 46.3 Å². The first-order chi connectivity index (χ1) is 13.1. The molecule has 1 saturated heterocycles. The van der Waals surface area contributed by atoms with Crippen LogP contribution in [0.4, 0.5) is 0 Å². The lowest BCUT2D eigenvalue weighted by Gasteiger charge is -2.22. The molecule has 1 amide bonds. The van der Waals surface area contributed by atoms with Gasteiger partial charge >= 0.3 is 5.63 Å². The fourth-order valence-electron chi connectivity index (χ4n) is 3.46. The van der Waals surface area contributed by atoms with Crippen molar-refractivity contribution in [1.82, 2.24) is 25.2 Å². The Hall–Kier alpha value is -2.42. The molecule has 0 saturated carbocycles. The van der Waals surface area contributed by atoms with Crippen LogP contribution in [-0.4, -0.2) is 33.6 Å². The number of carbonyl (C=O) groups is 1. The number of rotatable bonds is 4. The van der Waals surface area contributed by atoms with Gasteiger partial charge in [-0.2, -0.15) is 0 Å². The van der Waals surface area contributed by atoms with Gasteiger partial charge in [0.05, 0.1) is 6.54 Å². The number of hydrogen-bond acceptors (Lipinski definition) is 6. The molecule has 10 heteroatoms. The van der Waals surface area contributed by atoms with Crippen LogP contribution in [0.5, 0.6) is 0 Å². The summed E-state index contributed by atoms with van der Waals surface area (Å²) in [7, 11) is 0. The van der Waals surface area contributed by atoms with Crippen LogP contribution in [0.2, 0.25) is 0 Å². The third-order valence-corrected chi connectivity index (χ3v) is 4.89. The third kappa shape index (κ3) is 4.77. The van der Waals surface area contributed by atoms with Crippen molar-refractivity contribution >= 4 is 36.4 Å². The highest BCUT2D eigenvalue weighted by Crippen LogP contribution is 2.23. The predicted molar refractivity (Wildman–Crippen MR) is 113 cm³/mol. The fraction of sp³-hybridized carbons (Fsp3) is 0.368. The topological polar surface area (TPSA) is 102 Å². The highest BCUT2D eigenvalue weighted by atomic mass is 35.5. The number of halogens is 2. The van der Waals surface area contributed by atoms with Crippen molar-refractivity contribution in [3.05, 3.63) is 63.6 Å². The average molecular weight is 440 g/mol. The van der Waals surface area contributed by atoms with E-state index in [1.807, 2.05) is 24.4 Å². The predicted octanol–water partition coefficient (Wildman–Crippen LogP) is 2.23. The molecule has 3 aromatic heterocycles. The molecule has 0 radical (unpaired) electrons. The summed E-state index contributed by atoms with van der Waals surface area (Å²) in [6.45, 7) is 3.70. The number of aryl methyl sites for hydroxylation is 1. The van der Waals surface area contributed by atoms with Crippen LogP contribution in [0.3, 0.4) is 0 Å². The van der Waals surface area contributed by atoms with Crippen molar-refractivity contribution in [3.63, 3.8) is 0 Å². The molecule has 0 aliphatic carbocycles. The molecular weight excluding hydrogens is 417 g/mol. The van der Waals surface area contributed by atoms with E-state index in [0.29, 0.717) is 22.8 Å². The van der Waals surface area contributed by atoms with Crippen molar-refractivity contribution in [3.8, 4) is 0 Å². The van der Waals surface area contributed by atoms with Crippen molar-refractivity contribution in [2.45, 2.75) is 32.2 Å². The number of aromatic nitrogens is 3. The van der Waals surface area contributed by atoms with Gasteiger partial charge < -0.3 is 15.1 Å². The summed E-state index contributed by atoms with van der Waals surface area (Å²) in [6, 6.07) is 7.36. The van der Waals surface area contributed by atoms with Gasteiger partial charge in [-0.3, -0.25) is 9.20 Å². The lowest BCUT2D eigenvalue weighted by molar-refractivity contribution is 0.0944. The Balaban J connectivity index is 0.00000150. The molecule has 1 aliphatic rings. The lowest BCUT2D eigenvalue weighted by atomic mass is 9.95. The lowest BCUT2D eigenvalue weighted by Crippen LogP contribution is -2.32. The van der Waals surface area contributed by atoms with E-state index in [2.05, 4.69) is 20.8 Å². The zero-order valence-corrected chi connectivity index (χ0v) is 17.5. The summed E-state index contributed by atoms with van der Waals surface area (Å²) in [6.07, 6.45) is 3.84. The second kappa shape index (κ2) is 9.87. The van der Waals surface area contributed by atoms with Gasteiger partial charge in [0.2, 0.25) is 0 Å².